The Bertz CT molecular complexity index is 502. The van der Waals surface area contributed by atoms with Crippen LogP contribution in [0.15, 0.2) is 24.3 Å². The molecular weight excluding hydrogens is 340 g/mol. The van der Waals surface area contributed by atoms with E-state index in [4.69, 9.17) is 9.47 Å². The van der Waals surface area contributed by atoms with Crippen LogP contribution in [0.3, 0.4) is 0 Å². The van der Waals surface area contributed by atoms with Gasteiger partial charge in [-0.05, 0) is 31.4 Å². The molecular formula is C19H28O3S2. The van der Waals surface area contributed by atoms with E-state index >= 15 is 0 Å². The van der Waals surface area contributed by atoms with E-state index in [-0.39, 0.29) is 16.8 Å². The largest absolute Gasteiger partial charge is 0.348 e. The number of hydrogen-bond donors (Lipinski definition) is 1. The molecule has 0 aromatic heterocycles. The Labute approximate surface area is 155 Å². The zero-order valence-electron chi connectivity index (χ0n) is 14.6. The number of benzene rings is 1. The predicted octanol–water partition coefficient (Wildman–Crippen LogP) is 5.12. The summed E-state index contributed by atoms with van der Waals surface area (Å²) in [4.78, 5) is 12.1. The highest BCUT2D eigenvalue weighted by Gasteiger charge is 2.34. The molecule has 134 valence electrons. The van der Waals surface area contributed by atoms with Crippen LogP contribution in [0, 0.1) is 5.41 Å². The van der Waals surface area contributed by atoms with Crippen molar-refractivity contribution in [1.82, 2.24) is 0 Å². The summed E-state index contributed by atoms with van der Waals surface area (Å²) in [6.07, 6.45) is 3.89. The van der Waals surface area contributed by atoms with Crippen LogP contribution in [0.25, 0.3) is 0 Å². The third-order valence-corrected chi connectivity index (χ3v) is 6.09. The van der Waals surface area contributed by atoms with Crippen LogP contribution < -0.4 is 0 Å². The lowest BCUT2D eigenvalue weighted by atomic mass is 9.83. The molecule has 0 atom stereocenters. The maximum Gasteiger partial charge on any atom is 0.219 e. The van der Waals surface area contributed by atoms with E-state index < -0.39 is 0 Å². The number of thioether (sulfide) groups is 1. The molecule has 1 aliphatic heterocycles. The second kappa shape index (κ2) is 9.85. The fraction of sp³-hybridized carbons (Fsp3) is 0.632. The average Bonchev–Trinajstić information content (AvgIpc) is 2.65. The molecule has 0 N–H and O–H groups in total. The molecule has 24 heavy (non-hydrogen) atoms. The number of ether oxygens (including phenoxy) is 2. The number of unbranched alkanes of at least 4 members (excludes halogenated alkanes) is 1. The number of hydrogen-bond acceptors (Lipinski definition) is 5. The number of carbonyl (C=O) groups is 1. The van der Waals surface area contributed by atoms with Gasteiger partial charge in [0, 0.05) is 22.3 Å². The lowest BCUT2D eigenvalue weighted by Crippen LogP contribution is -2.37. The first kappa shape index (κ1) is 19.8. The van der Waals surface area contributed by atoms with Gasteiger partial charge in [-0.1, -0.05) is 49.9 Å². The van der Waals surface area contributed by atoms with E-state index in [0.29, 0.717) is 0 Å². The Balaban J connectivity index is 1.87. The molecule has 1 aliphatic rings. The summed E-state index contributed by atoms with van der Waals surface area (Å²) in [5, 5.41) is 0.127. The van der Waals surface area contributed by atoms with E-state index in [1.165, 1.54) is 11.8 Å². The maximum atomic E-state index is 12.1. The smallest absolute Gasteiger partial charge is 0.219 e. The van der Waals surface area contributed by atoms with Crippen molar-refractivity contribution in [2.45, 2.75) is 45.8 Å². The summed E-state index contributed by atoms with van der Waals surface area (Å²) in [7, 11) is 0. The number of thiol groups is 1. The zero-order valence-corrected chi connectivity index (χ0v) is 16.3. The lowest BCUT2D eigenvalue weighted by molar-refractivity contribution is -0.235. The molecule has 5 heteroatoms. The Morgan fingerprint density at radius 1 is 1.17 bits per heavy atom. The van der Waals surface area contributed by atoms with Gasteiger partial charge in [0.05, 0.1) is 13.2 Å². The van der Waals surface area contributed by atoms with Crippen molar-refractivity contribution >= 4 is 29.5 Å². The monoisotopic (exact) mass is 368 g/mol. The molecule has 0 unspecified atom stereocenters. The van der Waals surface area contributed by atoms with Gasteiger partial charge in [-0.15, -0.1) is 0 Å². The topological polar surface area (TPSA) is 35.5 Å². The van der Waals surface area contributed by atoms with Crippen molar-refractivity contribution in [3.8, 4) is 0 Å². The molecule has 1 aromatic carbocycles. The van der Waals surface area contributed by atoms with Gasteiger partial charge in [-0.25, -0.2) is 0 Å². The Kier molecular flexibility index (Phi) is 8.14. The van der Waals surface area contributed by atoms with Crippen molar-refractivity contribution in [2.24, 2.45) is 5.41 Å². The number of carbonyl (C=O) groups excluding carboxylic acids is 1. The normalized spacial score (nSPS) is 17.8. The first-order chi connectivity index (χ1) is 11.6. The van der Waals surface area contributed by atoms with E-state index in [0.717, 1.165) is 61.5 Å². The minimum Gasteiger partial charge on any atom is -0.348 e. The molecule has 0 bridgehead atoms. The van der Waals surface area contributed by atoms with Crippen LogP contribution in [-0.4, -0.2) is 29.8 Å². The summed E-state index contributed by atoms with van der Waals surface area (Å²) >= 11 is 5.56. The van der Waals surface area contributed by atoms with Crippen LogP contribution in [0.4, 0.5) is 0 Å². The van der Waals surface area contributed by atoms with Gasteiger partial charge in [-0.3, -0.25) is 4.79 Å². The average molecular weight is 369 g/mol. The van der Waals surface area contributed by atoms with Crippen LogP contribution in [0.5, 0.6) is 0 Å². The fourth-order valence-corrected chi connectivity index (χ4v) is 3.74. The highest BCUT2D eigenvalue weighted by Crippen LogP contribution is 2.36. The second-order valence-electron chi connectivity index (χ2n) is 6.35. The van der Waals surface area contributed by atoms with E-state index in [2.05, 4.69) is 26.5 Å². The first-order valence-corrected chi connectivity index (χ1v) is 10.4. The van der Waals surface area contributed by atoms with Crippen molar-refractivity contribution in [1.29, 1.82) is 0 Å². The van der Waals surface area contributed by atoms with Crippen molar-refractivity contribution in [3.63, 3.8) is 0 Å². The molecule has 0 amide bonds. The van der Waals surface area contributed by atoms with Crippen molar-refractivity contribution < 1.29 is 14.3 Å². The maximum absolute atomic E-state index is 12.1. The van der Waals surface area contributed by atoms with Crippen molar-refractivity contribution in [3.05, 3.63) is 35.4 Å². The third-order valence-electron chi connectivity index (χ3n) is 4.79. The van der Waals surface area contributed by atoms with Crippen LogP contribution >= 0.6 is 24.4 Å². The molecule has 1 heterocycles. The minimum absolute atomic E-state index is 0.127. The van der Waals surface area contributed by atoms with Gasteiger partial charge in [0.15, 0.2) is 6.29 Å². The first-order valence-electron chi connectivity index (χ1n) is 8.75. The molecule has 0 saturated carbocycles. The SMILES string of the molecule is CCC1(CC)COC(c2ccc(C(=O)SCCCCS)cc2)OC1. The van der Waals surface area contributed by atoms with E-state index in [9.17, 15) is 4.79 Å². The highest BCUT2D eigenvalue weighted by molar-refractivity contribution is 8.14. The quantitative estimate of drug-likeness (QED) is 0.510. The summed E-state index contributed by atoms with van der Waals surface area (Å²) in [5.74, 6) is 1.73. The van der Waals surface area contributed by atoms with Gasteiger partial charge in [0.25, 0.3) is 0 Å². The van der Waals surface area contributed by atoms with Gasteiger partial charge in [-0.2, -0.15) is 12.6 Å². The minimum atomic E-state index is -0.316. The van der Waals surface area contributed by atoms with Gasteiger partial charge in [0.2, 0.25) is 5.12 Å². The van der Waals surface area contributed by atoms with E-state index in [1.807, 2.05) is 24.3 Å². The van der Waals surface area contributed by atoms with Crippen LogP contribution in [-0.2, 0) is 9.47 Å². The van der Waals surface area contributed by atoms with E-state index in [1.54, 1.807) is 0 Å². The molecule has 1 saturated heterocycles. The summed E-state index contributed by atoms with van der Waals surface area (Å²) in [5.41, 5.74) is 1.87. The molecule has 2 rings (SSSR count). The number of rotatable bonds is 8. The second-order valence-corrected chi connectivity index (χ2v) is 7.86. The van der Waals surface area contributed by atoms with Gasteiger partial charge >= 0.3 is 0 Å². The van der Waals surface area contributed by atoms with Gasteiger partial charge in [0.1, 0.15) is 0 Å². The molecule has 0 aliphatic carbocycles. The molecule has 1 aromatic rings. The van der Waals surface area contributed by atoms with Crippen LogP contribution in [0.1, 0.15) is 61.7 Å². The summed E-state index contributed by atoms with van der Waals surface area (Å²) in [6, 6.07) is 7.63. The zero-order chi connectivity index (χ0) is 17.4. The Morgan fingerprint density at radius 2 is 1.79 bits per heavy atom. The standard InChI is InChI=1S/C19H28O3S2/c1-3-19(4-2)13-21-18(22-14-19)16-9-7-15(8-10-16)17(20)24-12-6-5-11-23/h7-10,18,23H,3-6,11-14H2,1-2H3. The molecule has 1 fully saturated rings. The molecule has 0 spiro atoms. The summed E-state index contributed by atoms with van der Waals surface area (Å²) in [6.45, 7) is 5.83. The Hall–Kier alpha value is -0.490. The fourth-order valence-electron chi connectivity index (χ4n) is 2.68. The predicted molar refractivity (Wildman–Crippen MR) is 104 cm³/mol. The van der Waals surface area contributed by atoms with Gasteiger partial charge < -0.3 is 9.47 Å². The highest BCUT2D eigenvalue weighted by atomic mass is 32.2. The Morgan fingerprint density at radius 3 is 2.33 bits per heavy atom. The van der Waals surface area contributed by atoms with Crippen LogP contribution in [0.2, 0.25) is 0 Å². The third kappa shape index (κ3) is 5.25. The van der Waals surface area contributed by atoms with Crippen molar-refractivity contribution in [2.75, 3.05) is 24.7 Å². The summed E-state index contributed by atoms with van der Waals surface area (Å²) < 4.78 is 11.9. The molecule has 3 nitrogen and oxygen atoms in total. The lowest BCUT2D eigenvalue weighted by Gasteiger charge is -2.39. The molecule has 0 radical (unpaired) electrons.